The van der Waals surface area contributed by atoms with Gasteiger partial charge in [-0.15, -0.1) is 0 Å². The molecule has 0 amide bonds. The molecule has 1 unspecified atom stereocenters. The van der Waals surface area contributed by atoms with Crippen LogP contribution < -0.4 is 14.8 Å². The number of halogens is 1. The molecular weight excluding hydrogens is 302 g/mol. The van der Waals surface area contributed by atoms with Crippen molar-refractivity contribution in [1.29, 1.82) is 0 Å². The van der Waals surface area contributed by atoms with Gasteiger partial charge in [0.25, 0.3) is 0 Å². The molecule has 0 spiro atoms. The third-order valence-electron chi connectivity index (χ3n) is 3.48. The summed E-state index contributed by atoms with van der Waals surface area (Å²) in [5, 5.41) is 13.1. The van der Waals surface area contributed by atoms with Crippen LogP contribution in [0.5, 0.6) is 11.5 Å². The molecule has 0 heterocycles. The fraction of sp³-hybridized carbons (Fsp3) is 0.294. The predicted molar refractivity (Wildman–Crippen MR) is 89.0 cm³/mol. The van der Waals surface area contributed by atoms with Gasteiger partial charge in [-0.25, -0.2) is 0 Å². The van der Waals surface area contributed by atoms with Crippen molar-refractivity contribution in [3.05, 3.63) is 52.5 Å². The zero-order chi connectivity index (χ0) is 16.1. The number of aliphatic hydroxyl groups excluding tert-OH is 1. The molecule has 2 N–H and O–H groups in total. The molecule has 0 saturated carbocycles. The van der Waals surface area contributed by atoms with Crippen molar-refractivity contribution in [3.63, 3.8) is 0 Å². The Kier molecular flexibility index (Phi) is 5.52. The first kappa shape index (κ1) is 16.5. The lowest BCUT2D eigenvalue weighted by Gasteiger charge is -2.19. The Labute approximate surface area is 135 Å². The van der Waals surface area contributed by atoms with Gasteiger partial charge in [0.1, 0.15) is 11.5 Å². The molecule has 5 heteroatoms. The Morgan fingerprint density at radius 1 is 1.14 bits per heavy atom. The molecule has 22 heavy (non-hydrogen) atoms. The van der Waals surface area contributed by atoms with E-state index in [0.29, 0.717) is 16.5 Å². The van der Waals surface area contributed by atoms with Crippen molar-refractivity contribution in [3.8, 4) is 11.5 Å². The first-order chi connectivity index (χ1) is 10.6. The minimum atomic E-state index is 0.0260. The van der Waals surface area contributed by atoms with E-state index in [-0.39, 0.29) is 12.6 Å². The largest absolute Gasteiger partial charge is 0.495 e. The highest BCUT2D eigenvalue weighted by Crippen LogP contribution is 2.37. The van der Waals surface area contributed by atoms with Crippen LogP contribution in [0.4, 0.5) is 5.69 Å². The van der Waals surface area contributed by atoms with Gasteiger partial charge >= 0.3 is 0 Å². The highest BCUT2D eigenvalue weighted by Gasteiger charge is 2.13. The number of aliphatic hydroxyl groups is 1. The third-order valence-corrected chi connectivity index (χ3v) is 3.77. The van der Waals surface area contributed by atoms with E-state index >= 15 is 0 Å². The number of rotatable bonds is 6. The summed E-state index contributed by atoms with van der Waals surface area (Å²) in [6.45, 7) is 2.06. The van der Waals surface area contributed by atoms with Crippen molar-refractivity contribution in [2.24, 2.45) is 0 Å². The second-order valence-electron chi connectivity index (χ2n) is 4.96. The molecule has 0 aromatic heterocycles. The van der Waals surface area contributed by atoms with Crippen molar-refractivity contribution < 1.29 is 14.6 Å². The van der Waals surface area contributed by atoms with Crippen LogP contribution in [-0.2, 0) is 6.61 Å². The second-order valence-corrected chi connectivity index (χ2v) is 5.36. The van der Waals surface area contributed by atoms with Crippen LogP contribution in [0, 0.1) is 0 Å². The van der Waals surface area contributed by atoms with Gasteiger partial charge in [0.15, 0.2) is 0 Å². The first-order valence-corrected chi connectivity index (χ1v) is 7.34. The summed E-state index contributed by atoms with van der Waals surface area (Å²) >= 11 is 6.18. The fourth-order valence-corrected chi connectivity index (χ4v) is 2.49. The Balaban J connectivity index is 2.27. The van der Waals surface area contributed by atoms with Gasteiger partial charge in [0.05, 0.1) is 31.5 Å². The molecule has 0 saturated heterocycles. The van der Waals surface area contributed by atoms with E-state index in [2.05, 4.69) is 5.32 Å². The topological polar surface area (TPSA) is 50.7 Å². The molecule has 0 radical (unpaired) electrons. The molecule has 2 aromatic rings. The lowest BCUT2D eigenvalue weighted by molar-refractivity contribution is 0.281. The summed E-state index contributed by atoms with van der Waals surface area (Å²) in [6.07, 6.45) is 0. The monoisotopic (exact) mass is 321 g/mol. The van der Waals surface area contributed by atoms with Gasteiger partial charge in [0.2, 0.25) is 0 Å². The van der Waals surface area contributed by atoms with Gasteiger partial charge in [0, 0.05) is 12.1 Å². The highest BCUT2D eigenvalue weighted by molar-refractivity contribution is 6.32. The average molecular weight is 322 g/mol. The minimum absolute atomic E-state index is 0.0260. The lowest BCUT2D eigenvalue weighted by atomic mass is 10.0. The Morgan fingerprint density at radius 2 is 1.86 bits per heavy atom. The van der Waals surface area contributed by atoms with Gasteiger partial charge in [-0.2, -0.15) is 0 Å². The molecule has 0 aliphatic rings. The van der Waals surface area contributed by atoms with Crippen LogP contribution in [0.15, 0.2) is 36.4 Å². The van der Waals surface area contributed by atoms with Crippen LogP contribution in [0.2, 0.25) is 5.02 Å². The number of nitrogens with one attached hydrogen (secondary N) is 1. The summed E-state index contributed by atoms with van der Waals surface area (Å²) in [5.74, 6) is 1.23. The van der Waals surface area contributed by atoms with E-state index in [1.807, 2.05) is 31.2 Å². The van der Waals surface area contributed by atoms with Crippen LogP contribution in [-0.4, -0.2) is 19.3 Å². The number of ether oxygens (including phenoxy) is 2. The van der Waals surface area contributed by atoms with Gasteiger partial charge in [-0.1, -0.05) is 35.9 Å². The number of benzene rings is 2. The van der Waals surface area contributed by atoms with E-state index in [9.17, 15) is 5.11 Å². The molecule has 0 bridgehead atoms. The van der Waals surface area contributed by atoms with E-state index in [1.54, 1.807) is 26.4 Å². The van der Waals surface area contributed by atoms with E-state index < -0.39 is 0 Å². The second kappa shape index (κ2) is 7.38. The molecule has 4 nitrogen and oxygen atoms in total. The van der Waals surface area contributed by atoms with Gasteiger partial charge in [-0.05, 0) is 24.1 Å². The van der Waals surface area contributed by atoms with Crippen LogP contribution in [0.1, 0.15) is 24.1 Å². The molecule has 2 aromatic carbocycles. The van der Waals surface area contributed by atoms with E-state index in [1.165, 1.54) is 0 Å². The Morgan fingerprint density at radius 3 is 2.50 bits per heavy atom. The molecule has 0 aliphatic carbocycles. The van der Waals surface area contributed by atoms with Gasteiger partial charge in [-0.3, -0.25) is 0 Å². The third kappa shape index (κ3) is 3.64. The molecule has 0 fully saturated rings. The van der Waals surface area contributed by atoms with Crippen LogP contribution >= 0.6 is 11.6 Å². The zero-order valence-electron chi connectivity index (χ0n) is 12.9. The lowest BCUT2D eigenvalue weighted by Crippen LogP contribution is -2.08. The molecule has 118 valence electrons. The molecule has 0 aliphatic heterocycles. The first-order valence-electron chi connectivity index (χ1n) is 6.96. The number of anilines is 1. The smallest absolute Gasteiger partial charge is 0.145 e. The van der Waals surface area contributed by atoms with Crippen molar-refractivity contribution in [1.82, 2.24) is 0 Å². The van der Waals surface area contributed by atoms with Crippen LogP contribution in [0.25, 0.3) is 0 Å². The maximum atomic E-state index is 9.24. The quantitative estimate of drug-likeness (QED) is 0.843. The predicted octanol–water partition coefficient (Wildman–Crippen LogP) is 4.02. The van der Waals surface area contributed by atoms with Crippen LogP contribution in [0.3, 0.4) is 0 Å². The number of methoxy groups -OCH3 is 2. The summed E-state index contributed by atoms with van der Waals surface area (Å²) in [6, 6.07) is 11.4. The summed E-state index contributed by atoms with van der Waals surface area (Å²) in [7, 11) is 3.17. The molecule has 2 rings (SSSR count). The Hall–Kier alpha value is -1.91. The maximum Gasteiger partial charge on any atom is 0.145 e. The normalized spacial score (nSPS) is 11.9. The summed E-state index contributed by atoms with van der Waals surface area (Å²) in [4.78, 5) is 0. The number of hydrogen-bond acceptors (Lipinski definition) is 4. The fourth-order valence-electron chi connectivity index (χ4n) is 2.25. The Bertz CT molecular complexity index is 646. The molecule has 1 atom stereocenters. The van der Waals surface area contributed by atoms with E-state index in [4.69, 9.17) is 21.1 Å². The van der Waals surface area contributed by atoms with Crippen molar-refractivity contribution >= 4 is 17.3 Å². The van der Waals surface area contributed by atoms with Gasteiger partial charge < -0.3 is 19.9 Å². The van der Waals surface area contributed by atoms with Crippen molar-refractivity contribution in [2.45, 2.75) is 19.6 Å². The maximum absolute atomic E-state index is 9.24. The minimum Gasteiger partial charge on any atom is -0.495 e. The SMILES string of the molecule is COc1cc(OC)c(NC(C)c2cccc(CO)c2)cc1Cl. The standard InChI is InChI=1S/C17H20ClNO3/c1-11(13-6-4-5-12(7-13)10-20)19-15-8-14(18)16(21-2)9-17(15)22-3/h4-9,11,19-20H,10H2,1-3H3. The molecular formula is C17H20ClNO3. The number of hydrogen-bond donors (Lipinski definition) is 2. The zero-order valence-corrected chi connectivity index (χ0v) is 13.6. The highest BCUT2D eigenvalue weighted by atomic mass is 35.5. The average Bonchev–Trinajstić information content (AvgIpc) is 2.55. The van der Waals surface area contributed by atoms with E-state index in [0.717, 1.165) is 16.8 Å². The summed E-state index contributed by atoms with van der Waals surface area (Å²) < 4.78 is 10.6. The van der Waals surface area contributed by atoms with Crippen molar-refractivity contribution in [2.75, 3.05) is 19.5 Å². The summed E-state index contributed by atoms with van der Waals surface area (Å²) in [5.41, 5.74) is 2.74.